The molecular formula is C26H28N2O5S. The summed E-state index contributed by atoms with van der Waals surface area (Å²) in [4.78, 5) is 40.1. The Morgan fingerprint density at radius 3 is 2.76 bits per heavy atom. The Balaban J connectivity index is 1.42. The minimum Gasteiger partial charge on any atom is -0.451 e. The van der Waals surface area contributed by atoms with Crippen LogP contribution in [0, 0.1) is 0 Å². The van der Waals surface area contributed by atoms with Crippen LogP contribution in [0.15, 0.2) is 33.5 Å². The van der Waals surface area contributed by atoms with Crippen LogP contribution >= 0.6 is 11.3 Å². The Morgan fingerprint density at radius 2 is 1.97 bits per heavy atom. The van der Waals surface area contributed by atoms with E-state index in [0.29, 0.717) is 28.1 Å². The number of fused-ring (bicyclic) bond motifs is 2. The molecule has 1 fully saturated rings. The van der Waals surface area contributed by atoms with Gasteiger partial charge in [-0.15, -0.1) is 11.3 Å². The third-order valence-corrected chi connectivity index (χ3v) is 7.77. The van der Waals surface area contributed by atoms with Crippen molar-refractivity contribution in [3.63, 3.8) is 0 Å². The molecule has 1 aromatic carbocycles. The fraction of sp³-hybridized carbons (Fsp3) is 0.423. The van der Waals surface area contributed by atoms with Crippen LogP contribution < -0.4 is 16.1 Å². The molecule has 7 nitrogen and oxygen atoms in total. The highest BCUT2D eigenvalue weighted by atomic mass is 32.1. The van der Waals surface area contributed by atoms with Crippen LogP contribution in [0.5, 0.6) is 0 Å². The van der Waals surface area contributed by atoms with E-state index in [0.717, 1.165) is 67.6 Å². The van der Waals surface area contributed by atoms with Crippen molar-refractivity contribution in [1.29, 1.82) is 0 Å². The van der Waals surface area contributed by atoms with E-state index in [1.165, 1.54) is 17.4 Å². The smallest absolute Gasteiger partial charge is 0.292 e. The number of carbonyl (C=O) groups is 2. The molecule has 0 bridgehead atoms. The first-order valence-corrected chi connectivity index (χ1v) is 12.8. The Morgan fingerprint density at radius 1 is 1.12 bits per heavy atom. The maximum atomic E-state index is 13.2. The van der Waals surface area contributed by atoms with Crippen molar-refractivity contribution in [3.8, 4) is 0 Å². The molecule has 3 aromatic rings. The fourth-order valence-corrected chi connectivity index (χ4v) is 5.98. The van der Waals surface area contributed by atoms with Crippen molar-refractivity contribution < 1.29 is 18.7 Å². The number of rotatable bonds is 6. The SMILES string of the molecule is CCc1ccc2oc(C(=O)Nc3sc4c(c3C(=O)NCC3CCCO3)CCCC4)cc(=O)c2c1. The second-order valence-corrected chi connectivity index (χ2v) is 9.98. The summed E-state index contributed by atoms with van der Waals surface area (Å²) in [6.45, 7) is 3.20. The van der Waals surface area contributed by atoms with Crippen LogP contribution in [0.25, 0.3) is 11.0 Å². The number of amides is 2. The largest absolute Gasteiger partial charge is 0.451 e. The number of carbonyl (C=O) groups excluding carboxylic acids is 2. The van der Waals surface area contributed by atoms with Gasteiger partial charge in [0.15, 0.2) is 11.2 Å². The summed E-state index contributed by atoms with van der Waals surface area (Å²) in [5.41, 5.74) is 2.68. The van der Waals surface area contributed by atoms with E-state index >= 15 is 0 Å². The molecular weight excluding hydrogens is 452 g/mol. The molecule has 178 valence electrons. The first-order chi connectivity index (χ1) is 16.5. The van der Waals surface area contributed by atoms with E-state index in [1.54, 1.807) is 12.1 Å². The van der Waals surface area contributed by atoms with Gasteiger partial charge in [-0.25, -0.2) is 0 Å². The number of anilines is 1. The summed E-state index contributed by atoms with van der Waals surface area (Å²) < 4.78 is 11.4. The molecule has 5 rings (SSSR count). The molecule has 1 aliphatic carbocycles. The van der Waals surface area contributed by atoms with Crippen LogP contribution in [0.4, 0.5) is 5.00 Å². The number of hydrogen-bond donors (Lipinski definition) is 2. The lowest BCUT2D eigenvalue weighted by atomic mass is 9.95. The number of thiophene rings is 1. The molecule has 0 spiro atoms. The van der Waals surface area contributed by atoms with E-state index < -0.39 is 5.91 Å². The second kappa shape index (κ2) is 9.72. The van der Waals surface area contributed by atoms with Crippen LogP contribution in [0.1, 0.15) is 69.5 Å². The van der Waals surface area contributed by atoms with Crippen LogP contribution in [-0.4, -0.2) is 31.1 Å². The Hall–Kier alpha value is -2.97. The maximum Gasteiger partial charge on any atom is 0.292 e. The van der Waals surface area contributed by atoms with Gasteiger partial charge < -0.3 is 19.8 Å². The van der Waals surface area contributed by atoms with Crippen molar-refractivity contribution in [3.05, 3.63) is 61.8 Å². The molecule has 2 aromatic heterocycles. The summed E-state index contributed by atoms with van der Waals surface area (Å²) in [7, 11) is 0. The van der Waals surface area contributed by atoms with E-state index in [9.17, 15) is 14.4 Å². The predicted octanol–water partition coefficient (Wildman–Crippen LogP) is 4.46. The van der Waals surface area contributed by atoms with Gasteiger partial charge in [-0.3, -0.25) is 14.4 Å². The molecule has 1 unspecified atom stereocenters. The van der Waals surface area contributed by atoms with E-state index in [1.807, 2.05) is 13.0 Å². The second-order valence-electron chi connectivity index (χ2n) is 8.87. The topological polar surface area (TPSA) is 97.6 Å². The van der Waals surface area contributed by atoms with Crippen molar-refractivity contribution in [2.24, 2.45) is 0 Å². The van der Waals surface area contributed by atoms with E-state index in [-0.39, 0.29) is 23.2 Å². The van der Waals surface area contributed by atoms with Gasteiger partial charge in [-0.2, -0.15) is 0 Å². The number of nitrogens with one attached hydrogen (secondary N) is 2. The first-order valence-electron chi connectivity index (χ1n) is 12.0. The van der Waals surface area contributed by atoms with E-state index in [2.05, 4.69) is 10.6 Å². The molecule has 8 heteroatoms. The molecule has 2 amide bonds. The third kappa shape index (κ3) is 4.52. The highest BCUT2D eigenvalue weighted by molar-refractivity contribution is 7.17. The standard InChI is InChI=1S/C26H28N2O5S/c1-2-15-9-10-20-18(12-15)19(29)13-21(33-20)24(30)28-26-23(17-7-3-4-8-22(17)34-26)25(31)27-14-16-6-5-11-32-16/h9-10,12-13,16H,2-8,11,14H2,1H3,(H,27,31)(H,28,30). The summed E-state index contributed by atoms with van der Waals surface area (Å²) in [6, 6.07) is 6.63. The number of benzene rings is 1. The van der Waals surface area contributed by atoms with Gasteiger partial charge in [0.05, 0.1) is 17.1 Å². The third-order valence-electron chi connectivity index (χ3n) is 6.56. The molecule has 1 aliphatic heterocycles. The monoisotopic (exact) mass is 480 g/mol. The summed E-state index contributed by atoms with van der Waals surface area (Å²) >= 11 is 1.44. The fourth-order valence-electron chi connectivity index (χ4n) is 4.69. The van der Waals surface area contributed by atoms with Crippen molar-refractivity contribution >= 4 is 39.1 Å². The molecule has 0 saturated carbocycles. The molecule has 3 heterocycles. The van der Waals surface area contributed by atoms with Gasteiger partial charge in [0.1, 0.15) is 10.6 Å². The zero-order valence-corrected chi connectivity index (χ0v) is 20.0. The average Bonchev–Trinajstić information content (AvgIpc) is 3.49. The normalized spacial score (nSPS) is 17.5. The molecule has 1 saturated heterocycles. The van der Waals surface area contributed by atoms with E-state index in [4.69, 9.17) is 9.15 Å². The van der Waals surface area contributed by atoms with Gasteiger partial charge in [0.25, 0.3) is 11.8 Å². The van der Waals surface area contributed by atoms with Crippen molar-refractivity contribution in [2.75, 3.05) is 18.5 Å². The minimum atomic E-state index is -0.537. The van der Waals surface area contributed by atoms with Crippen molar-refractivity contribution in [2.45, 2.75) is 58.0 Å². The number of aryl methyl sites for hydroxylation is 2. The lowest BCUT2D eigenvalue weighted by Crippen LogP contribution is -2.32. The lowest BCUT2D eigenvalue weighted by molar-refractivity contribution is 0.0858. The molecule has 2 aliphatic rings. The van der Waals surface area contributed by atoms with Crippen molar-refractivity contribution in [1.82, 2.24) is 5.32 Å². The van der Waals surface area contributed by atoms with Gasteiger partial charge in [-0.05, 0) is 68.2 Å². The number of ether oxygens (including phenoxy) is 1. The molecule has 34 heavy (non-hydrogen) atoms. The molecule has 2 N–H and O–H groups in total. The zero-order chi connectivity index (χ0) is 23.7. The lowest BCUT2D eigenvalue weighted by Gasteiger charge is -2.15. The zero-order valence-electron chi connectivity index (χ0n) is 19.2. The van der Waals surface area contributed by atoms with Crippen LogP contribution in [0.3, 0.4) is 0 Å². The predicted molar refractivity (Wildman–Crippen MR) is 132 cm³/mol. The first kappa shape index (κ1) is 22.8. The highest BCUT2D eigenvalue weighted by Crippen LogP contribution is 2.38. The Bertz CT molecular complexity index is 1300. The minimum absolute atomic E-state index is 0.0385. The maximum absolute atomic E-state index is 13.2. The van der Waals surface area contributed by atoms with Crippen LogP contribution in [-0.2, 0) is 24.0 Å². The summed E-state index contributed by atoms with van der Waals surface area (Å²) in [6.07, 6.45) is 6.58. The van der Waals surface area contributed by atoms with Gasteiger partial charge >= 0.3 is 0 Å². The summed E-state index contributed by atoms with van der Waals surface area (Å²) in [5.74, 6) is -0.804. The Labute approximate surface area is 201 Å². The summed E-state index contributed by atoms with van der Waals surface area (Å²) in [5, 5.41) is 6.82. The van der Waals surface area contributed by atoms with Gasteiger partial charge in [0, 0.05) is 24.1 Å². The van der Waals surface area contributed by atoms with Crippen LogP contribution in [0.2, 0.25) is 0 Å². The van der Waals surface area contributed by atoms with Gasteiger partial charge in [-0.1, -0.05) is 13.0 Å². The van der Waals surface area contributed by atoms with Gasteiger partial charge in [0.2, 0.25) is 0 Å². The quantitative estimate of drug-likeness (QED) is 0.543. The molecule has 1 atom stereocenters. The number of hydrogen-bond acceptors (Lipinski definition) is 6. The highest BCUT2D eigenvalue weighted by Gasteiger charge is 2.28. The average molecular weight is 481 g/mol. The molecule has 0 radical (unpaired) electrons. The Kier molecular flexibility index (Phi) is 6.52.